The Morgan fingerprint density at radius 2 is 1.75 bits per heavy atom. The summed E-state index contributed by atoms with van der Waals surface area (Å²) in [6.45, 7) is 8.95. The van der Waals surface area contributed by atoms with Gasteiger partial charge >= 0.3 is 0 Å². The van der Waals surface area contributed by atoms with Crippen molar-refractivity contribution in [3.63, 3.8) is 0 Å². The second kappa shape index (κ2) is 2.71. The summed E-state index contributed by atoms with van der Waals surface area (Å²) in [4.78, 5) is 2.08. The maximum absolute atomic E-state index is 9.67. The smallest absolute Gasteiger partial charge is 0.107 e. The number of hydrogen-bond acceptors (Lipinski definition) is 2. The van der Waals surface area contributed by atoms with Crippen LogP contribution in [0.5, 0.6) is 0 Å². The van der Waals surface area contributed by atoms with Crippen LogP contribution in [0.1, 0.15) is 40.5 Å². The lowest BCUT2D eigenvalue weighted by atomic mass is 9.68. The Kier molecular flexibility index (Phi) is 2.26. The van der Waals surface area contributed by atoms with Gasteiger partial charge in [0.1, 0.15) is 6.23 Å². The zero-order chi connectivity index (χ0) is 9.57. The van der Waals surface area contributed by atoms with Crippen LogP contribution < -0.4 is 0 Å². The highest BCUT2D eigenvalue weighted by Gasteiger charge is 2.45. The zero-order valence-corrected chi connectivity index (χ0v) is 8.89. The van der Waals surface area contributed by atoms with Crippen molar-refractivity contribution in [1.82, 2.24) is 4.90 Å². The van der Waals surface area contributed by atoms with E-state index in [0.717, 1.165) is 12.8 Å². The second-order valence-electron chi connectivity index (χ2n) is 5.07. The minimum absolute atomic E-state index is 0.0880. The molecule has 1 saturated heterocycles. The molecule has 0 aromatic heterocycles. The summed E-state index contributed by atoms with van der Waals surface area (Å²) in [6, 6.07) is 0. The van der Waals surface area contributed by atoms with Crippen LogP contribution in [0.15, 0.2) is 0 Å². The van der Waals surface area contributed by atoms with Gasteiger partial charge in [0.2, 0.25) is 0 Å². The topological polar surface area (TPSA) is 23.5 Å². The van der Waals surface area contributed by atoms with Crippen LogP contribution >= 0.6 is 0 Å². The molecule has 0 saturated carbocycles. The lowest BCUT2D eigenvalue weighted by molar-refractivity contribution is -0.129. The first-order chi connectivity index (χ1) is 5.29. The number of aliphatic hydroxyl groups excluding tert-OH is 1. The molecule has 1 N–H and O–H groups in total. The number of nitrogens with zero attached hydrogens (tertiary/aromatic N) is 1. The molecular weight excluding hydrogens is 150 g/mol. The quantitative estimate of drug-likeness (QED) is 0.601. The van der Waals surface area contributed by atoms with Crippen LogP contribution in [0.4, 0.5) is 0 Å². The van der Waals surface area contributed by atoms with E-state index in [1.54, 1.807) is 0 Å². The van der Waals surface area contributed by atoms with Gasteiger partial charge in [-0.25, -0.2) is 0 Å². The average Bonchev–Trinajstić information content (AvgIpc) is 1.96. The number of likely N-dealkylation sites (tertiary alicyclic amines) is 1. The van der Waals surface area contributed by atoms with Crippen LogP contribution in [-0.4, -0.2) is 28.8 Å². The highest BCUT2D eigenvalue weighted by Crippen LogP contribution is 2.43. The monoisotopic (exact) mass is 171 g/mol. The van der Waals surface area contributed by atoms with Crippen molar-refractivity contribution in [2.24, 2.45) is 5.41 Å². The number of piperidine rings is 1. The molecule has 0 aromatic carbocycles. The van der Waals surface area contributed by atoms with E-state index < -0.39 is 0 Å². The molecule has 0 spiro atoms. The Hall–Kier alpha value is -0.0800. The summed E-state index contributed by atoms with van der Waals surface area (Å²) in [7, 11) is 2.01. The van der Waals surface area contributed by atoms with E-state index in [4.69, 9.17) is 0 Å². The normalized spacial score (nSPS) is 35.0. The Bertz CT molecular complexity index is 175. The molecule has 1 fully saturated rings. The van der Waals surface area contributed by atoms with Crippen molar-refractivity contribution < 1.29 is 5.11 Å². The zero-order valence-electron chi connectivity index (χ0n) is 8.89. The fraction of sp³-hybridized carbons (Fsp3) is 1.00. The summed E-state index contributed by atoms with van der Waals surface area (Å²) in [5.41, 5.74) is 0.381. The van der Waals surface area contributed by atoms with Crippen molar-refractivity contribution in [2.75, 3.05) is 7.05 Å². The third-order valence-corrected chi connectivity index (χ3v) is 4.01. The maximum atomic E-state index is 9.67. The van der Waals surface area contributed by atoms with Gasteiger partial charge in [0.05, 0.1) is 0 Å². The van der Waals surface area contributed by atoms with E-state index in [9.17, 15) is 5.11 Å². The molecule has 1 aliphatic heterocycles. The van der Waals surface area contributed by atoms with Gasteiger partial charge in [0.25, 0.3) is 0 Å². The standard InChI is InChI=1S/C10H21NO/c1-9(2)7-6-8(12)11(5)10(9,3)4/h8,12H,6-7H2,1-5H3. The van der Waals surface area contributed by atoms with Crippen molar-refractivity contribution in [2.45, 2.75) is 52.3 Å². The molecule has 1 aliphatic rings. The Balaban J connectivity index is 2.88. The van der Waals surface area contributed by atoms with Crippen molar-refractivity contribution >= 4 is 0 Å². The summed E-state index contributed by atoms with van der Waals surface area (Å²) >= 11 is 0. The molecule has 0 bridgehead atoms. The molecule has 1 heterocycles. The Morgan fingerprint density at radius 3 is 2.17 bits per heavy atom. The van der Waals surface area contributed by atoms with Crippen molar-refractivity contribution in [1.29, 1.82) is 0 Å². The van der Waals surface area contributed by atoms with E-state index in [2.05, 4.69) is 32.6 Å². The van der Waals surface area contributed by atoms with Crippen LogP contribution in [0, 0.1) is 5.41 Å². The van der Waals surface area contributed by atoms with Crippen LogP contribution in [-0.2, 0) is 0 Å². The fourth-order valence-electron chi connectivity index (χ4n) is 1.84. The van der Waals surface area contributed by atoms with Gasteiger partial charge in [0.15, 0.2) is 0 Å². The van der Waals surface area contributed by atoms with Gasteiger partial charge < -0.3 is 5.11 Å². The molecule has 0 radical (unpaired) electrons. The summed E-state index contributed by atoms with van der Waals surface area (Å²) in [5.74, 6) is 0. The molecular formula is C10H21NO. The Morgan fingerprint density at radius 1 is 1.25 bits per heavy atom. The lowest BCUT2D eigenvalue weighted by Gasteiger charge is -2.54. The molecule has 0 amide bonds. The van der Waals surface area contributed by atoms with E-state index in [1.165, 1.54) is 0 Å². The number of rotatable bonds is 0. The fourth-order valence-corrected chi connectivity index (χ4v) is 1.84. The SMILES string of the molecule is CN1C(O)CCC(C)(C)C1(C)C. The second-order valence-corrected chi connectivity index (χ2v) is 5.07. The predicted molar refractivity (Wildman–Crippen MR) is 50.9 cm³/mol. The first kappa shape index (κ1) is 10.0. The van der Waals surface area contributed by atoms with Gasteiger partial charge in [-0.1, -0.05) is 13.8 Å². The lowest BCUT2D eigenvalue weighted by Crippen LogP contribution is -2.59. The molecule has 0 aliphatic carbocycles. The average molecular weight is 171 g/mol. The summed E-state index contributed by atoms with van der Waals surface area (Å²) in [6.07, 6.45) is 1.74. The highest BCUT2D eigenvalue weighted by atomic mass is 16.3. The minimum Gasteiger partial charge on any atom is -0.378 e. The number of hydrogen-bond donors (Lipinski definition) is 1. The van der Waals surface area contributed by atoms with E-state index in [0.29, 0.717) is 5.41 Å². The number of aliphatic hydroxyl groups is 1. The summed E-state index contributed by atoms with van der Waals surface area (Å²) in [5, 5.41) is 9.67. The van der Waals surface area contributed by atoms with E-state index in [-0.39, 0.29) is 11.8 Å². The molecule has 1 unspecified atom stereocenters. The molecule has 2 heteroatoms. The first-order valence-electron chi connectivity index (χ1n) is 4.70. The summed E-state index contributed by atoms with van der Waals surface area (Å²) < 4.78 is 0. The van der Waals surface area contributed by atoms with Crippen LogP contribution in [0.3, 0.4) is 0 Å². The van der Waals surface area contributed by atoms with Gasteiger partial charge in [-0.15, -0.1) is 0 Å². The van der Waals surface area contributed by atoms with Crippen LogP contribution in [0.25, 0.3) is 0 Å². The molecule has 72 valence electrons. The Labute approximate surface area is 75.6 Å². The molecule has 1 rings (SSSR count). The van der Waals surface area contributed by atoms with E-state index in [1.807, 2.05) is 7.05 Å². The highest BCUT2D eigenvalue weighted by molar-refractivity contribution is 4.98. The predicted octanol–water partition coefficient (Wildman–Crippen LogP) is 1.84. The molecule has 12 heavy (non-hydrogen) atoms. The van der Waals surface area contributed by atoms with Crippen molar-refractivity contribution in [3.8, 4) is 0 Å². The largest absolute Gasteiger partial charge is 0.378 e. The molecule has 1 atom stereocenters. The maximum Gasteiger partial charge on any atom is 0.107 e. The first-order valence-corrected chi connectivity index (χ1v) is 4.70. The molecule has 2 nitrogen and oxygen atoms in total. The van der Waals surface area contributed by atoms with Crippen molar-refractivity contribution in [3.05, 3.63) is 0 Å². The molecule has 0 aromatic rings. The third kappa shape index (κ3) is 1.27. The van der Waals surface area contributed by atoms with Gasteiger partial charge in [-0.3, -0.25) is 4.90 Å². The minimum atomic E-state index is -0.256. The van der Waals surface area contributed by atoms with Gasteiger partial charge in [0, 0.05) is 5.54 Å². The third-order valence-electron chi connectivity index (χ3n) is 4.01. The van der Waals surface area contributed by atoms with Gasteiger partial charge in [-0.05, 0) is 39.2 Å². The van der Waals surface area contributed by atoms with Crippen LogP contribution in [0.2, 0.25) is 0 Å². The van der Waals surface area contributed by atoms with E-state index >= 15 is 0 Å². The van der Waals surface area contributed by atoms with Gasteiger partial charge in [-0.2, -0.15) is 0 Å².